The molecule has 2 unspecified atom stereocenters. The van der Waals surface area contributed by atoms with Crippen LogP contribution in [0.25, 0.3) is 0 Å². The Balaban J connectivity index is 1.97. The molecule has 1 fully saturated rings. The summed E-state index contributed by atoms with van der Waals surface area (Å²) in [6.07, 6.45) is 0. The van der Waals surface area contributed by atoms with E-state index in [0.717, 1.165) is 30.3 Å². The van der Waals surface area contributed by atoms with Gasteiger partial charge in [-0.3, -0.25) is 4.90 Å². The van der Waals surface area contributed by atoms with Gasteiger partial charge < -0.3 is 10.3 Å². The van der Waals surface area contributed by atoms with Crippen LogP contribution in [-0.2, 0) is 6.54 Å². The largest absolute Gasteiger partial charge is 0.313 e. The van der Waals surface area contributed by atoms with Crippen molar-refractivity contribution in [2.24, 2.45) is 11.8 Å². The molecule has 2 rings (SSSR count). The van der Waals surface area contributed by atoms with Crippen molar-refractivity contribution < 1.29 is 0 Å². The Labute approximate surface area is 106 Å². The van der Waals surface area contributed by atoms with Crippen LogP contribution in [-0.4, -0.2) is 52.6 Å². The predicted molar refractivity (Wildman–Crippen MR) is 69.6 cm³/mol. The summed E-state index contributed by atoms with van der Waals surface area (Å²) in [4.78, 5) is 4.71. The fourth-order valence-corrected chi connectivity index (χ4v) is 2.97. The van der Waals surface area contributed by atoms with Crippen molar-refractivity contribution in [1.29, 1.82) is 0 Å². The van der Waals surface area contributed by atoms with Crippen molar-refractivity contribution in [2.45, 2.75) is 19.5 Å². The Morgan fingerprint density at radius 2 is 2.29 bits per heavy atom. The number of aromatic nitrogens is 2. The number of hydrogen-bond donors (Lipinski definition) is 2. The molecule has 0 radical (unpaired) electrons. The molecule has 3 N–H and O–H groups in total. The van der Waals surface area contributed by atoms with E-state index in [2.05, 4.69) is 45.8 Å². The van der Waals surface area contributed by atoms with Crippen molar-refractivity contribution in [3.8, 4) is 0 Å². The Hall–Kier alpha value is -0.760. The van der Waals surface area contributed by atoms with Gasteiger partial charge in [0.15, 0.2) is 0 Å². The molecule has 1 saturated heterocycles. The molecule has 1 aromatic heterocycles. The van der Waals surface area contributed by atoms with Crippen LogP contribution in [0.15, 0.2) is 0 Å². The smallest absolute Gasteiger partial charge is 0.148 e. The summed E-state index contributed by atoms with van der Waals surface area (Å²) in [5, 5.41) is 4.98. The molecule has 96 valence electrons. The van der Waals surface area contributed by atoms with Gasteiger partial charge in [-0.15, -0.1) is 5.10 Å². The van der Waals surface area contributed by atoms with Crippen LogP contribution in [0.4, 0.5) is 5.00 Å². The summed E-state index contributed by atoms with van der Waals surface area (Å²) < 4.78 is 3.92. The van der Waals surface area contributed by atoms with Crippen molar-refractivity contribution in [3.05, 3.63) is 5.69 Å². The second kappa shape index (κ2) is 5.26. The van der Waals surface area contributed by atoms with Gasteiger partial charge >= 0.3 is 0 Å². The standard InChI is InChI=1S/C10H20N6S/c1-7-4-16(6-9(7)15(2)3)5-8-10(12-11)17-14-13-8/h7,9,12H,4-6,11H2,1-3H3. The number of hydrogen-bond acceptors (Lipinski definition) is 7. The number of hydrazine groups is 1. The second-order valence-corrected chi connectivity index (χ2v) is 5.65. The third-order valence-corrected chi connectivity index (χ3v) is 4.07. The highest BCUT2D eigenvalue weighted by molar-refractivity contribution is 7.10. The lowest BCUT2D eigenvalue weighted by Crippen LogP contribution is -2.34. The predicted octanol–water partition coefficient (Wildman–Crippen LogP) is 0.206. The Kier molecular flexibility index (Phi) is 3.93. The minimum absolute atomic E-state index is 0.621. The number of anilines is 1. The van der Waals surface area contributed by atoms with Crippen LogP contribution in [0, 0.1) is 5.92 Å². The molecule has 6 nitrogen and oxygen atoms in total. The van der Waals surface area contributed by atoms with Crippen LogP contribution >= 0.6 is 11.5 Å². The first-order valence-electron chi connectivity index (χ1n) is 5.78. The van der Waals surface area contributed by atoms with E-state index in [1.165, 1.54) is 11.5 Å². The number of nitrogens with two attached hydrogens (primary N) is 1. The molecular weight excluding hydrogens is 236 g/mol. The summed E-state index contributed by atoms with van der Waals surface area (Å²) in [7, 11) is 4.28. The maximum absolute atomic E-state index is 5.43. The SMILES string of the molecule is CC1CN(Cc2nnsc2NN)CC1N(C)C. The Morgan fingerprint density at radius 3 is 2.88 bits per heavy atom. The normalized spacial score (nSPS) is 25.7. The van der Waals surface area contributed by atoms with Crippen molar-refractivity contribution in [1.82, 2.24) is 19.4 Å². The molecular formula is C10H20N6S. The van der Waals surface area contributed by atoms with Gasteiger partial charge in [0, 0.05) is 37.2 Å². The third kappa shape index (κ3) is 2.74. The highest BCUT2D eigenvalue weighted by atomic mass is 32.1. The number of nitrogens with zero attached hydrogens (tertiary/aromatic N) is 4. The van der Waals surface area contributed by atoms with Gasteiger partial charge in [-0.2, -0.15) is 0 Å². The zero-order chi connectivity index (χ0) is 12.4. The van der Waals surface area contributed by atoms with E-state index >= 15 is 0 Å². The molecule has 0 amide bonds. The average Bonchev–Trinajstić information content (AvgIpc) is 2.85. The van der Waals surface area contributed by atoms with Crippen LogP contribution in [0.5, 0.6) is 0 Å². The van der Waals surface area contributed by atoms with Gasteiger partial charge in [0.1, 0.15) is 10.7 Å². The molecule has 1 aliphatic heterocycles. The van der Waals surface area contributed by atoms with E-state index in [1.807, 2.05) is 0 Å². The van der Waals surface area contributed by atoms with Crippen LogP contribution in [0.2, 0.25) is 0 Å². The summed E-state index contributed by atoms with van der Waals surface area (Å²) >= 11 is 1.31. The minimum atomic E-state index is 0.621. The molecule has 2 heterocycles. The van der Waals surface area contributed by atoms with E-state index in [9.17, 15) is 0 Å². The van der Waals surface area contributed by atoms with E-state index < -0.39 is 0 Å². The molecule has 2 atom stereocenters. The molecule has 7 heteroatoms. The van der Waals surface area contributed by atoms with Crippen molar-refractivity contribution >= 4 is 16.5 Å². The summed E-state index contributed by atoms with van der Waals surface area (Å²) in [5.41, 5.74) is 3.60. The van der Waals surface area contributed by atoms with Crippen LogP contribution in [0.3, 0.4) is 0 Å². The van der Waals surface area contributed by atoms with Gasteiger partial charge in [0.05, 0.1) is 0 Å². The highest BCUT2D eigenvalue weighted by Crippen LogP contribution is 2.24. The highest BCUT2D eigenvalue weighted by Gasteiger charge is 2.31. The van der Waals surface area contributed by atoms with E-state index in [-0.39, 0.29) is 0 Å². The minimum Gasteiger partial charge on any atom is -0.313 e. The van der Waals surface area contributed by atoms with Crippen LogP contribution in [0.1, 0.15) is 12.6 Å². The van der Waals surface area contributed by atoms with Crippen molar-refractivity contribution in [3.63, 3.8) is 0 Å². The van der Waals surface area contributed by atoms with E-state index in [1.54, 1.807) is 0 Å². The summed E-state index contributed by atoms with van der Waals surface area (Å²) in [6, 6.07) is 0.621. The summed E-state index contributed by atoms with van der Waals surface area (Å²) in [6.45, 7) is 5.30. The topological polar surface area (TPSA) is 70.3 Å². The monoisotopic (exact) mass is 256 g/mol. The molecule has 0 saturated carbocycles. The van der Waals surface area contributed by atoms with E-state index in [0.29, 0.717) is 12.0 Å². The quantitative estimate of drug-likeness (QED) is 0.593. The molecule has 0 bridgehead atoms. The lowest BCUT2D eigenvalue weighted by atomic mass is 10.1. The van der Waals surface area contributed by atoms with Crippen molar-refractivity contribution in [2.75, 3.05) is 32.6 Å². The molecule has 1 aliphatic rings. The van der Waals surface area contributed by atoms with Gasteiger partial charge in [-0.05, 0) is 20.0 Å². The maximum atomic E-state index is 5.43. The first kappa shape index (κ1) is 12.7. The lowest BCUT2D eigenvalue weighted by molar-refractivity contribution is 0.249. The number of rotatable bonds is 4. The molecule has 17 heavy (non-hydrogen) atoms. The van der Waals surface area contributed by atoms with Gasteiger partial charge in [-0.1, -0.05) is 11.4 Å². The van der Waals surface area contributed by atoms with E-state index in [4.69, 9.17) is 5.84 Å². The Bertz CT molecular complexity index is 365. The van der Waals surface area contributed by atoms with Crippen LogP contribution < -0.4 is 11.3 Å². The molecule has 0 aliphatic carbocycles. The number of nitrogen functional groups attached to an aromatic ring is 1. The fraction of sp³-hybridized carbons (Fsp3) is 0.800. The number of likely N-dealkylation sites (tertiary alicyclic amines) is 1. The maximum Gasteiger partial charge on any atom is 0.148 e. The zero-order valence-electron chi connectivity index (χ0n) is 10.6. The first-order chi connectivity index (χ1) is 8.11. The third-order valence-electron chi connectivity index (χ3n) is 3.37. The van der Waals surface area contributed by atoms with Gasteiger partial charge in [0.25, 0.3) is 0 Å². The second-order valence-electron chi connectivity index (χ2n) is 4.90. The molecule has 0 aromatic carbocycles. The summed E-state index contributed by atoms with van der Waals surface area (Å²) in [5.74, 6) is 6.11. The fourth-order valence-electron chi connectivity index (χ4n) is 2.48. The molecule has 1 aromatic rings. The Morgan fingerprint density at radius 1 is 1.53 bits per heavy atom. The van der Waals surface area contributed by atoms with Gasteiger partial charge in [-0.25, -0.2) is 5.84 Å². The number of nitrogens with one attached hydrogen (secondary N) is 1. The first-order valence-corrected chi connectivity index (χ1v) is 6.55. The van der Waals surface area contributed by atoms with Gasteiger partial charge in [0.2, 0.25) is 0 Å². The molecule has 0 spiro atoms. The average molecular weight is 256 g/mol. The number of likely N-dealkylation sites (N-methyl/N-ethyl adjacent to an activating group) is 1. The zero-order valence-corrected chi connectivity index (χ0v) is 11.4. The lowest BCUT2D eigenvalue weighted by Gasteiger charge is -2.22.